The van der Waals surface area contributed by atoms with Crippen molar-refractivity contribution in [2.75, 3.05) is 18.6 Å². The first-order valence-corrected chi connectivity index (χ1v) is 11.3. The number of imide groups is 1. The minimum absolute atomic E-state index is 0.103. The molecule has 3 amide bonds. The van der Waals surface area contributed by atoms with Gasteiger partial charge in [0, 0.05) is 34.4 Å². The van der Waals surface area contributed by atoms with Crippen molar-refractivity contribution in [3.63, 3.8) is 0 Å². The number of hydrogen-bond acceptors (Lipinski definition) is 4. The number of likely N-dealkylation sites (N-methyl/N-ethyl adjacent to an activating group) is 1. The summed E-state index contributed by atoms with van der Waals surface area (Å²) in [6.07, 6.45) is 3.92. The number of amides is 3. The van der Waals surface area contributed by atoms with Crippen molar-refractivity contribution in [3.05, 3.63) is 69.9 Å². The van der Waals surface area contributed by atoms with Gasteiger partial charge >= 0.3 is 6.03 Å². The second-order valence-electron chi connectivity index (χ2n) is 8.81. The van der Waals surface area contributed by atoms with Gasteiger partial charge in [0.05, 0.1) is 19.2 Å². The Bertz CT molecular complexity index is 1200. The van der Waals surface area contributed by atoms with Crippen molar-refractivity contribution < 1.29 is 14.3 Å². The first-order valence-electron chi connectivity index (χ1n) is 10.9. The number of ether oxygens (including phenoxy) is 1. The average Bonchev–Trinajstić information content (AvgIpc) is 3.02. The lowest BCUT2D eigenvalue weighted by Gasteiger charge is -2.43. The number of fused-ring (bicyclic) bond motifs is 1. The van der Waals surface area contributed by atoms with Crippen LogP contribution >= 0.6 is 11.6 Å². The number of benzene rings is 2. The Morgan fingerprint density at radius 3 is 2.58 bits per heavy atom. The quantitative estimate of drug-likeness (QED) is 0.470. The van der Waals surface area contributed by atoms with E-state index in [1.54, 1.807) is 25.3 Å². The Balaban J connectivity index is 1.71. The van der Waals surface area contributed by atoms with Gasteiger partial charge in [-0.3, -0.25) is 9.69 Å². The molecule has 1 N–H and O–H groups in total. The van der Waals surface area contributed by atoms with Gasteiger partial charge in [-0.2, -0.15) is 0 Å². The number of hydrogen-bond donors (Lipinski definition) is 1. The minimum Gasteiger partial charge on any atom is -0.496 e. The third-order valence-corrected chi connectivity index (χ3v) is 6.56. The highest BCUT2D eigenvalue weighted by molar-refractivity contribution is 6.31. The van der Waals surface area contributed by atoms with Gasteiger partial charge < -0.3 is 15.0 Å². The van der Waals surface area contributed by atoms with E-state index in [4.69, 9.17) is 16.3 Å². The number of carbonyl (C=O) groups excluding carboxylic acids is 2. The van der Waals surface area contributed by atoms with Crippen LogP contribution in [-0.4, -0.2) is 36.0 Å². The van der Waals surface area contributed by atoms with E-state index in [1.165, 1.54) is 0 Å². The fraction of sp³-hybridized carbons (Fsp3) is 0.308. The molecule has 0 unspecified atom stereocenters. The summed E-state index contributed by atoms with van der Waals surface area (Å²) in [6.45, 7) is 9.54. The minimum atomic E-state index is -0.474. The van der Waals surface area contributed by atoms with Gasteiger partial charge in [-0.05, 0) is 57.0 Å². The van der Waals surface area contributed by atoms with E-state index in [0.29, 0.717) is 16.3 Å². The molecule has 2 aliphatic heterocycles. The summed E-state index contributed by atoms with van der Waals surface area (Å²) in [7, 11) is 1.61. The Hall–Kier alpha value is -3.25. The largest absolute Gasteiger partial charge is 0.496 e. The van der Waals surface area contributed by atoms with Crippen LogP contribution in [-0.2, 0) is 11.3 Å². The van der Waals surface area contributed by atoms with E-state index in [0.717, 1.165) is 33.8 Å². The summed E-state index contributed by atoms with van der Waals surface area (Å²) < 4.78 is 5.67. The Morgan fingerprint density at radius 1 is 1.18 bits per heavy atom. The second-order valence-corrected chi connectivity index (χ2v) is 9.21. The Morgan fingerprint density at radius 2 is 1.91 bits per heavy atom. The molecular weight excluding hydrogens is 438 g/mol. The summed E-state index contributed by atoms with van der Waals surface area (Å²) in [5.74, 6) is 0.236. The van der Waals surface area contributed by atoms with Crippen LogP contribution in [0.5, 0.6) is 5.75 Å². The van der Waals surface area contributed by atoms with Gasteiger partial charge in [0.25, 0.3) is 5.91 Å². The molecule has 0 saturated carbocycles. The molecular formula is C26H28ClN3O3. The maximum absolute atomic E-state index is 13.0. The molecule has 0 atom stereocenters. The zero-order valence-corrected chi connectivity index (χ0v) is 20.3. The van der Waals surface area contributed by atoms with Crippen molar-refractivity contribution in [2.45, 2.75) is 39.8 Å². The highest BCUT2D eigenvalue weighted by atomic mass is 35.5. The zero-order valence-electron chi connectivity index (χ0n) is 19.5. The molecule has 0 aliphatic carbocycles. The predicted octanol–water partition coefficient (Wildman–Crippen LogP) is 5.46. The first-order chi connectivity index (χ1) is 15.7. The molecule has 0 radical (unpaired) electrons. The molecule has 1 saturated heterocycles. The summed E-state index contributed by atoms with van der Waals surface area (Å²) in [4.78, 5) is 29.1. The van der Waals surface area contributed by atoms with E-state index < -0.39 is 11.9 Å². The highest BCUT2D eigenvalue weighted by Crippen LogP contribution is 2.42. The number of allylic oxidation sites excluding steroid dienone is 1. The van der Waals surface area contributed by atoms with Gasteiger partial charge in [-0.25, -0.2) is 4.79 Å². The summed E-state index contributed by atoms with van der Waals surface area (Å²) in [5, 5.41) is 3.20. The molecule has 0 aromatic heterocycles. The molecule has 0 spiro atoms. The SMILES string of the molecule is CCN1c2cc(OC)c(/C=C3/NC(=O)N(Cc4ccccc4Cl)C3=O)cc2C(C)=CC1(C)C. The monoisotopic (exact) mass is 465 g/mol. The van der Waals surface area contributed by atoms with Crippen LogP contribution in [0.2, 0.25) is 5.02 Å². The van der Waals surface area contributed by atoms with Crippen molar-refractivity contribution in [1.29, 1.82) is 0 Å². The molecule has 7 heteroatoms. The molecule has 172 valence electrons. The smallest absolute Gasteiger partial charge is 0.329 e. The fourth-order valence-corrected chi connectivity index (χ4v) is 4.85. The molecule has 2 heterocycles. The lowest BCUT2D eigenvalue weighted by molar-refractivity contribution is -0.123. The molecule has 2 aromatic carbocycles. The number of nitrogens with zero attached hydrogens (tertiary/aromatic N) is 2. The maximum Gasteiger partial charge on any atom is 0.329 e. The fourth-order valence-electron chi connectivity index (χ4n) is 4.66. The van der Waals surface area contributed by atoms with Crippen LogP contribution in [0.1, 0.15) is 44.4 Å². The topological polar surface area (TPSA) is 61.9 Å². The Labute approximate surface area is 199 Å². The van der Waals surface area contributed by atoms with Gasteiger partial charge in [0.1, 0.15) is 11.4 Å². The third-order valence-electron chi connectivity index (χ3n) is 6.19. The maximum atomic E-state index is 13.0. The molecule has 1 fully saturated rings. The average molecular weight is 466 g/mol. The van der Waals surface area contributed by atoms with E-state index in [2.05, 4.69) is 44.0 Å². The third kappa shape index (κ3) is 4.11. The van der Waals surface area contributed by atoms with Gasteiger partial charge in [-0.15, -0.1) is 0 Å². The second kappa shape index (κ2) is 8.60. The van der Waals surface area contributed by atoms with E-state index >= 15 is 0 Å². The number of urea groups is 1. The number of halogens is 1. The van der Waals surface area contributed by atoms with Crippen LogP contribution in [0.25, 0.3) is 11.6 Å². The van der Waals surface area contributed by atoms with Crippen LogP contribution in [0.15, 0.2) is 48.2 Å². The van der Waals surface area contributed by atoms with E-state index in [-0.39, 0.29) is 17.8 Å². The lowest BCUT2D eigenvalue weighted by atomic mass is 9.87. The van der Waals surface area contributed by atoms with Crippen LogP contribution < -0.4 is 15.0 Å². The highest BCUT2D eigenvalue weighted by Gasteiger charge is 2.35. The number of anilines is 1. The van der Waals surface area contributed by atoms with Crippen molar-refractivity contribution in [1.82, 2.24) is 10.2 Å². The van der Waals surface area contributed by atoms with Gasteiger partial charge in [0.2, 0.25) is 0 Å². The molecule has 4 rings (SSSR count). The molecule has 0 bridgehead atoms. The first kappa shape index (κ1) is 22.9. The molecule has 2 aromatic rings. The molecule has 2 aliphatic rings. The van der Waals surface area contributed by atoms with Crippen molar-refractivity contribution in [2.24, 2.45) is 0 Å². The summed E-state index contributed by atoms with van der Waals surface area (Å²) in [6, 6.07) is 10.7. The van der Waals surface area contributed by atoms with Gasteiger partial charge in [0.15, 0.2) is 0 Å². The van der Waals surface area contributed by atoms with Crippen LogP contribution in [0.4, 0.5) is 10.5 Å². The van der Waals surface area contributed by atoms with E-state index in [9.17, 15) is 9.59 Å². The number of methoxy groups -OCH3 is 1. The van der Waals surface area contributed by atoms with Crippen molar-refractivity contribution >= 4 is 40.9 Å². The van der Waals surface area contributed by atoms with Crippen molar-refractivity contribution in [3.8, 4) is 5.75 Å². The van der Waals surface area contributed by atoms with Gasteiger partial charge in [-0.1, -0.05) is 35.9 Å². The van der Waals surface area contributed by atoms with Crippen LogP contribution in [0, 0.1) is 0 Å². The zero-order chi connectivity index (χ0) is 23.9. The number of rotatable bonds is 5. The van der Waals surface area contributed by atoms with E-state index in [1.807, 2.05) is 24.3 Å². The predicted molar refractivity (Wildman–Crippen MR) is 132 cm³/mol. The van der Waals surface area contributed by atoms with Crippen LogP contribution in [0.3, 0.4) is 0 Å². The standard InChI is InChI=1S/C26H28ClN3O3/c1-6-30-22-13-23(33-5)18(11-19(22)16(2)14-26(30,3)4)12-21-24(31)29(25(32)28-21)15-17-9-7-8-10-20(17)27/h7-14H,6,15H2,1-5H3,(H,28,32)/b21-12+. The summed E-state index contributed by atoms with van der Waals surface area (Å²) >= 11 is 6.22. The molecule has 6 nitrogen and oxygen atoms in total. The molecule has 33 heavy (non-hydrogen) atoms. The Kier molecular flexibility index (Phi) is 5.97. The number of carbonyl (C=O) groups is 2. The summed E-state index contributed by atoms with van der Waals surface area (Å²) in [5.41, 5.74) is 4.84. The lowest BCUT2D eigenvalue weighted by Crippen LogP contribution is -2.44. The normalized spacial score (nSPS) is 18.4. The number of nitrogens with one attached hydrogen (secondary N) is 1.